The molecule has 0 saturated heterocycles. The van der Waals surface area contributed by atoms with Gasteiger partial charge in [-0.3, -0.25) is 0 Å². The van der Waals surface area contributed by atoms with E-state index in [0.29, 0.717) is 0 Å². The molecule has 1 aliphatic rings. The summed E-state index contributed by atoms with van der Waals surface area (Å²) >= 11 is 0. The summed E-state index contributed by atoms with van der Waals surface area (Å²) in [5, 5.41) is 8.83. The molecule has 0 amide bonds. The van der Waals surface area contributed by atoms with Gasteiger partial charge in [0.2, 0.25) is 0 Å². The molecular weight excluding hydrogens is 302 g/mol. The number of unbranched alkanes of at least 4 members (excludes halogenated alkanes) is 4. The summed E-state index contributed by atoms with van der Waals surface area (Å²) in [7, 11) is 0. The molecule has 1 aromatic rings. The Morgan fingerprint density at radius 3 is 2.40 bits per heavy atom. The lowest BCUT2D eigenvalue weighted by atomic mass is 9.79. The van der Waals surface area contributed by atoms with Crippen LogP contribution in [0.3, 0.4) is 0 Å². The van der Waals surface area contributed by atoms with Gasteiger partial charge in [0.05, 0.1) is 11.6 Å². The first-order valence-corrected chi connectivity index (χ1v) is 10.5. The van der Waals surface area contributed by atoms with Crippen molar-refractivity contribution in [1.82, 2.24) is 0 Å². The summed E-state index contributed by atoms with van der Waals surface area (Å²) < 4.78 is 0. The van der Waals surface area contributed by atoms with Gasteiger partial charge in [-0.1, -0.05) is 69.7 Å². The van der Waals surface area contributed by atoms with Gasteiger partial charge in [0.1, 0.15) is 0 Å². The highest BCUT2D eigenvalue weighted by atomic mass is 14.2. The van der Waals surface area contributed by atoms with Crippen molar-refractivity contribution >= 4 is 0 Å². The number of hydrogen-bond acceptors (Lipinski definition) is 1. The average molecular weight is 338 g/mol. The normalized spacial score (nSPS) is 20.6. The molecule has 25 heavy (non-hydrogen) atoms. The lowest BCUT2D eigenvalue weighted by molar-refractivity contribution is 0.288. The van der Waals surface area contributed by atoms with Crippen molar-refractivity contribution in [3.63, 3.8) is 0 Å². The van der Waals surface area contributed by atoms with E-state index in [9.17, 15) is 0 Å². The van der Waals surface area contributed by atoms with Crippen LogP contribution in [0, 0.1) is 23.2 Å². The van der Waals surface area contributed by atoms with Crippen LogP contribution in [-0.2, 0) is 6.42 Å². The Hall–Kier alpha value is -1.55. The second-order valence-corrected chi connectivity index (χ2v) is 7.76. The Balaban J connectivity index is 1.56. The van der Waals surface area contributed by atoms with Crippen molar-refractivity contribution in [3.8, 4) is 6.07 Å². The van der Waals surface area contributed by atoms with Crippen LogP contribution >= 0.6 is 0 Å². The molecule has 0 N–H and O–H groups in total. The summed E-state index contributed by atoms with van der Waals surface area (Å²) in [5.74, 6) is 1.82. The van der Waals surface area contributed by atoms with Crippen molar-refractivity contribution in [2.24, 2.45) is 11.8 Å². The highest BCUT2D eigenvalue weighted by molar-refractivity contribution is 5.31. The summed E-state index contributed by atoms with van der Waals surface area (Å²) in [6, 6.07) is 10.2. The minimum absolute atomic E-state index is 0.751. The van der Waals surface area contributed by atoms with Gasteiger partial charge < -0.3 is 0 Å². The number of hydrogen-bond donors (Lipinski definition) is 0. The Bertz CT molecular complexity index is 526. The van der Waals surface area contributed by atoms with Crippen LogP contribution in [0.5, 0.6) is 0 Å². The molecule has 136 valence electrons. The second-order valence-electron chi connectivity index (χ2n) is 7.76. The zero-order valence-electron chi connectivity index (χ0n) is 16.1. The zero-order valence-corrected chi connectivity index (χ0v) is 16.1. The zero-order chi connectivity index (χ0) is 17.7. The highest BCUT2D eigenvalue weighted by Gasteiger charge is 2.18. The van der Waals surface area contributed by atoms with E-state index >= 15 is 0 Å². The summed E-state index contributed by atoms with van der Waals surface area (Å²) in [6.07, 6.45) is 21.3. The predicted octanol–water partition coefficient (Wildman–Crippen LogP) is 7.21. The van der Waals surface area contributed by atoms with E-state index in [1.54, 1.807) is 0 Å². The SMILES string of the molecule is CCCCCCCC1CCC(/C=C/CCc2ccc(C#N)cc2)CC1. The second kappa shape index (κ2) is 11.9. The molecule has 0 radical (unpaired) electrons. The van der Waals surface area contributed by atoms with E-state index in [1.165, 1.54) is 69.8 Å². The molecular formula is C24H35N. The third kappa shape index (κ3) is 7.91. The maximum atomic E-state index is 8.83. The molecule has 0 spiro atoms. The minimum Gasteiger partial charge on any atom is -0.192 e. The van der Waals surface area contributed by atoms with E-state index in [-0.39, 0.29) is 0 Å². The van der Waals surface area contributed by atoms with Gasteiger partial charge in [-0.2, -0.15) is 5.26 Å². The topological polar surface area (TPSA) is 23.8 Å². The van der Waals surface area contributed by atoms with Crippen molar-refractivity contribution in [2.45, 2.75) is 84.0 Å². The molecule has 0 aromatic heterocycles. The predicted molar refractivity (Wildman–Crippen MR) is 107 cm³/mol. The molecule has 1 heteroatoms. The number of aryl methyl sites for hydroxylation is 1. The highest BCUT2D eigenvalue weighted by Crippen LogP contribution is 2.32. The fraction of sp³-hybridized carbons (Fsp3) is 0.625. The molecule has 1 aromatic carbocycles. The van der Waals surface area contributed by atoms with Crippen LogP contribution in [0.2, 0.25) is 0 Å². The van der Waals surface area contributed by atoms with E-state index in [2.05, 4.69) is 37.3 Å². The molecule has 0 bridgehead atoms. The molecule has 1 nitrogen and oxygen atoms in total. The molecule has 1 fully saturated rings. The first-order chi connectivity index (χ1) is 12.3. The Labute approximate surface area is 155 Å². The van der Waals surface area contributed by atoms with E-state index in [1.807, 2.05) is 12.1 Å². The molecule has 2 rings (SSSR count). The van der Waals surface area contributed by atoms with Gasteiger partial charge in [-0.15, -0.1) is 0 Å². The number of rotatable bonds is 10. The quantitative estimate of drug-likeness (QED) is 0.327. The molecule has 0 heterocycles. The Morgan fingerprint density at radius 2 is 1.72 bits per heavy atom. The van der Waals surface area contributed by atoms with Crippen molar-refractivity contribution in [3.05, 3.63) is 47.5 Å². The molecule has 1 aliphatic carbocycles. The van der Waals surface area contributed by atoms with E-state index < -0.39 is 0 Å². The fourth-order valence-corrected chi connectivity index (χ4v) is 3.99. The first-order valence-electron chi connectivity index (χ1n) is 10.5. The largest absolute Gasteiger partial charge is 0.192 e. The number of nitriles is 1. The number of benzene rings is 1. The average Bonchev–Trinajstić information content (AvgIpc) is 2.66. The number of nitrogens with zero attached hydrogens (tertiary/aromatic N) is 1. The van der Waals surface area contributed by atoms with Crippen LogP contribution in [0.1, 0.15) is 88.7 Å². The smallest absolute Gasteiger partial charge is 0.0991 e. The van der Waals surface area contributed by atoms with Gasteiger partial charge in [-0.05, 0) is 68.1 Å². The third-order valence-corrected chi connectivity index (χ3v) is 5.70. The Morgan fingerprint density at radius 1 is 1.00 bits per heavy atom. The lowest BCUT2D eigenvalue weighted by Gasteiger charge is -2.26. The molecule has 1 saturated carbocycles. The summed E-state index contributed by atoms with van der Waals surface area (Å²) in [5.41, 5.74) is 2.08. The van der Waals surface area contributed by atoms with E-state index in [0.717, 1.165) is 30.2 Å². The summed E-state index contributed by atoms with van der Waals surface area (Å²) in [4.78, 5) is 0. The maximum Gasteiger partial charge on any atom is 0.0991 e. The van der Waals surface area contributed by atoms with E-state index in [4.69, 9.17) is 5.26 Å². The monoisotopic (exact) mass is 337 g/mol. The molecule has 0 unspecified atom stereocenters. The molecule has 0 atom stereocenters. The van der Waals surface area contributed by atoms with Gasteiger partial charge in [0.25, 0.3) is 0 Å². The van der Waals surface area contributed by atoms with Crippen LogP contribution in [0.25, 0.3) is 0 Å². The number of allylic oxidation sites excluding steroid dienone is 2. The van der Waals surface area contributed by atoms with Crippen LogP contribution in [-0.4, -0.2) is 0 Å². The van der Waals surface area contributed by atoms with Gasteiger partial charge >= 0.3 is 0 Å². The van der Waals surface area contributed by atoms with Crippen LogP contribution < -0.4 is 0 Å². The van der Waals surface area contributed by atoms with Gasteiger partial charge in [-0.25, -0.2) is 0 Å². The fourth-order valence-electron chi connectivity index (χ4n) is 3.99. The first kappa shape index (κ1) is 19.8. The third-order valence-electron chi connectivity index (χ3n) is 5.70. The summed E-state index contributed by atoms with van der Waals surface area (Å²) in [6.45, 7) is 2.29. The van der Waals surface area contributed by atoms with Gasteiger partial charge in [0, 0.05) is 0 Å². The lowest BCUT2D eigenvalue weighted by Crippen LogP contribution is -2.13. The van der Waals surface area contributed by atoms with Crippen molar-refractivity contribution in [1.29, 1.82) is 5.26 Å². The minimum atomic E-state index is 0.751. The van der Waals surface area contributed by atoms with Crippen molar-refractivity contribution < 1.29 is 0 Å². The molecule has 0 aliphatic heterocycles. The standard InChI is InChI=1S/C24H35N/c1-2-3-4-5-6-9-21-12-14-22(15-13-21)10-7-8-11-23-16-18-24(20-25)19-17-23/h7,10,16-19,21-22H,2-6,8-9,11-15H2,1H3/b10-7+. The van der Waals surface area contributed by atoms with Crippen LogP contribution in [0.15, 0.2) is 36.4 Å². The Kier molecular flexibility index (Phi) is 9.42. The maximum absolute atomic E-state index is 8.83. The van der Waals surface area contributed by atoms with Crippen LogP contribution in [0.4, 0.5) is 0 Å². The van der Waals surface area contributed by atoms with Crippen molar-refractivity contribution in [2.75, 3.05) is 0 Å². The van der Waals surface area contributed by atoms with Gasteiger partial charge in [0.15, 0.2) is 0 Å².